The first-order valence-electron chi connectivity index (χ1n) is 9.66. The molecule has 0 bridgehead atoms. The summed E-state index contributed by atoms with van der Waals surface area (Å²) >= 11 is 12.1. The molecule has 0 spiro atoms. The maximum atomic E-state index is 12.3. The lowest BCUT2D eigenvalue weighted by Gasteiger charge is -2.35. The molecule has 1 fully saturated rings. The van der Waals surface area contributed by atoms with Gasteiger partial charge >= 0.3 is 0 Å². The van der Waals surface area contributed by atoms with Gasteiger partial charge in [-0.1, -0.05) is 42.6 Å². The Bertz CT molecular complexity index is 774. The Morgan fingerprint density at radius 3 is 2.75 bits per heavy atom. The zero-order valence-corrected chi connectivity index (χ0v) is 18.8. The van der Waals surface area contributed by atoms with E-state index in [1.807, 2.05) is 0 Å². The first-order chi connectivity index (χ1) is 13.2. The minimum atomic E-state index is -3.69. The highest BCUT2D eigenvalue weighted by Gasteiger charge is 2.24. The Labute approximate surface area is 178 Å². The Kier molecular flexibility index (Phi) is 8.86. The van der Waals surface area contributed by atoms with E-state index in [0.29, 0.717) is 12.6 Å². The minimum absolute atomic E-state index is 0.109. The molecule has 1 atom stereocenters. The predicted octanol–water partition coefficient (Wildman–Crippen LogP) is 3.53. The van der Waals surface area contributed by atoms with Gasteiger partial charge in [0.15, 0.2) is 0 Å². The van der Waals surface area contributed by atoms with Crippen LogP contribution in [0.15, 0.2) is 18.2 Å². The van der Waals surface area contributed by atoms with E-state index >= 15 is 0 Å². The maximum Gasteiger partial charge on any atom is 0.240 e. The van der Waals surface area contributed by atoms with Crippen molar-refractivity contribution in [1.82, 2.24) is 10.2 Å². The summed E-state index contributed by atoms with van der Waals surface area (Å²) in [5, 5.41) is 3.16. The van der Waals surface area contributed by atoms with E-state index in [-0.39, 0.29) is 28.2 Å². The van der Waals surface area contributed by atoms with Crippen molar-refractivity contribution in [3.8, 4) is 0 Å². The van der Waals surface area contributed by atoms with Gasteiger partial charge in [0.05, 0.1) is 22.0 Å². The van der Waals surface area contributed by atoms with Gasteiger partial charge in [-0.25, -0.2) is 8.42 Å². The minimum Gasteiger partial charge on any atom is -0.354 e. The largest absolute Gasteiger partial charge is 0.354 e. The topological polar surface area (TPSA) is 69.7 Å². The Morgan fingerprint density at radius 1 is 1.32 bits per heavy atom. The number of carbonyl (C=O) groups excluding carboxylic acids is 1. The van der Waals surface area contributed by atoms with Gasteiger partial charge in [-0.15, -0.1) is 0 Å². The lowest BCUT2D eigenvalue weighted by Crippen LogP contribution is -2.42. The second-order valence-electron chi connectivity index (χ2n) is 7.14. The summed E-state index contributed by atoms with van der Waals surface area (Å²) in [6.07, 6.45) is 6.78. The van der Waals surface area contributed by atoms with Crippen molar-refractivity contribution in [3.05, 3.63) is 28.2 Å². The smallest absolute Gasteiger partial charge is 0.240 e. The number of sulfonamides is 1. The SMILES string of the molecule is CCC1CCCCN1CCCNC(=O)CN(c1cccc(Cl)c1Cl)S(C)(=O)=O. The van der Waals surface area contributed by atoms with Crippen LogP contribution in [0.3, 0.4) is 0 Å². The fourth-order valence-electron chi connectivity index (χ4n) is 3.58. The second-order valence-corrected chi connectivity index (χ2v) is 9.83. The first kappa shape index (κ1) is 23.3. The van der Waals surface area contributed by atoms with Crippen LogP contribution in [0.2, 0.25) is 10.0 Å². The number of nitrogens with one attached hydrogen (secondary N) is 1. The van der Waals surface area contributed by atoms with Crippen LogP contribution in [-0.2, 0) is 14.8 Å². The molecule has 1 saturated heterocycles. The zero-order valence-electron chi connectivity index (χ0n) is 16.5. The second kappa shape index (κ2) is 10.7. The van der Waals surface area contributed by atoms with Crippen LogP contribution < -0.4 is 9.62 Å². The summed E-state index contributed by atoms with van der Waals surface area (Å²) < 4.78 is 25.3. The molecule has 6 nitrogen and oxygen atoms in total. The summed E-state index contributed by atoms with van der Waals surface area (Å²) in [7, 11) is -3.69. The molecule has 28 heavy (non-hydrogen) atoms. The number of amides is 1. The van der Waals surface area contributed by atoms with Gasteiger partial charge in [0.25, 0.3) is 0 Å². The van der Waals surface area contributed by atoms with Crippen LogP contribution in [-0.4, -0.2) is 57.7 Å². The molecule has 1 heterocycles. The molecule has 9 heteroatoms. The molecule has 0 aliphatic carbocycles. The van der Waals surface area contributed by atoms with E-state index in [1.54, 1.807) is 12.1 Å². The molecule has 158 valence electrons. The average molecular weight is 450 g/mol. The van der Waals surface area contributed by atoms with Crippen molar-refractivity contribution in [1.29, 1.82) is 0 Å². The highest BCUT2D eigenvalue weighted by molar-refractivity contribution is 7.92. The fraction of sp³-hybridized carbons (Fsp3) is 0.632. The normalized spacial score (nSPS) is 18.1. The summed E-state index contributed by atoms with van der Waals surface area (Å²) in [5.74, 6) is -0.368. The van der Waals surface area contributed by atoms with Gasteiger partial charge in [0.1, 0.15) is 6.54 Å². The van der Waals surface area contributed by atoms with Crippen molar-refractivity contribution in [3.63, 3.8) is 0 Å². The molecular weight excluding hydrogens is 421 g/mol. The van der Waals surface area contributed by atoms with Crippen LogP contribution in [0.25, 0.3) is 0 Å². The monoisotopic (exact) mass is 449 g/mol. The number of carbonyl (C=O) groups is 1. The Hall–Kier alpha value is -1.02. The van der Waals surface area contributed by atoms with E-state index in [2.05, 4.69) is 17.1 Å². The number of likely N-dealkylation sites (tertiary alicyclic amines) is 1. The standard InChI is InChI=1S/C19H29Cl2N3O3S/c1-3-15-8-4-5-12-23(15)13-7-11-22-18(25)14-24(28(2,26)27)17-10-6-9-16(20)19(17)21/h6,9-10,15H,3-5,7-8,11-14H2,1-2H3,(H,22,25). The van der Waals surface area contributed by atoms with Crippen LogP contribution in [0.1, 0.15) is 39.0 Å². The first-order valence-corrected chi connectivity index (χ1v) is 12.3. The van der Waals surface area contributed by atoms with Crippen LogP contribution in [0.5, 0.6) is 0 Å². The molecule has 1 N–H and O–H groups in total. The van der Waals surface area contributed by atoms with Crippen molar-refractivity contribution >= 4 is 44.8 Å². The summed E-state index contributed by atoms with van der Waals surface area (Å²) in [4.78, 5) is 14.8. The lowest BCUT2D eigenvalue weighted by molar-refractivity contribution is -0.119. The third-order valence-corrected chi connectivity index (χ3v) is 6.99. The van der Waals surface area contributed by atoms with Crippen molar-refractivity contribution in [2.24, 2.45) is 0 Å². The van der Waals surface area contributed by atoms with Gasteiger partial charge in [0, 0.05) is 19.1 Å². The lowest BCUT2D eigenvalue weighted by atomic mass is 10.00. The molecule has 1 aliphatic rings. The fourth-order valence-corrected chi connectivity index (χ4v) is 4.89. The van der Waals surface area contributed by atoms with Gasteiger partial charge in [-0.3, -0.25) is 9.10 Å². The Balaban J connectivity index is 1.89. The van der Waals surface area contributed by atoms with Gasteiger partial charge < -0.3 is 10.2 Å². The number of hydrogen-bond acceptors (Lipinski definition) is 4. The van der Waals surface area contributed by atoms with Crippen molar-refractivity contribution in [2.45, 2.75) is 45.1 Å². The summed E-state index contributed by atoms with van der Waals surface area (Å²) in [6, 6.07) is 5.33. The molecule has 1 aromatic rings. The highest BCUT2D eigenvalue weighted by Crippen LogP contribution is 2.33. The van der Waals surface area contributed by atoms with Crippen LogP contribution >= 0.6 is 23.2 Å². The summed E-state index contributed by atoms with van der Waals surface area (Å²) in [5.41, 5.74) is 0.200. The number of benzene rings is 1. The average Bonchev–Trinajstić information content (AvgIpc) is 2.65. The molecule has 1 amide bonds. The van der Waals surface area contributed by atoms with Crippen LogP contribution in [0, 0.1) is 0 Å². The van der Waals surface area contributed by atoms with Gasteiger partial charge in [0.2, 0.25) is 15.9 Å². The molecule has 1 aliphatic heterocycles. The van der Waals surface area contributed by atoms with E-state index in [0.717, 1.165) is 36.5 Å². The maximum absolute atomic E-state index is 12.3. The third-order valence-electron chi connectivity index (χ3n) is 5.05. The number of hydrogen-bond donors (Lipinski definition) is 1. The summed E-state index contributed by atoms with van der Waals surface area (Å²) in [6.45, 7) is 4.44. The number of anilines is 1. The molecule has 2 rings (SSSR count). The van der Waals surface area contributed by atoms with E-state index in [9.17, 15) is 13.2 Å². The number of halogens is 2. The molecule has 1 unspecified atom stereocenters. The number of nitrogens with zero attached hydrogens (tertiary/aromatic N) is 2. The van der Waals surface area contributed by atoms with Gasteiger partial charge in [-0.05, 0) is 44.4 Å². The molecule has 0 radical (unpaired) electrons. The quantitative estimate of drug-likeness (QED) is 0.585. The third kappa shape index (κ3) is 6.51. The van der Waals surface area contributed by atoms with Crippen molar-refractivity contribution < 1.29 is 13.2 Å². The van der Waals surface area contributed by atoms with Crippen molar-refractivity contribution in [2.75, 3.05) is 36.7 Å². The molecular formula is C19H29Cl2N3O3S. The highest BCUT2D eigenvalue weighted by atomic mass is 35.5. The molecule has 0 aromatic heterocycles. The number of piperidine rings is 1. The van der Waals surface area contributed by atoms with Gasteiger partial charge in [-0.2, -0.15) is 0 Å². The van der Waals surface area contributed by atoms with E-state index in [1.165, 1.54) is 25.3 Å². The van der Waals surface area contributed by atoms with E-state index in [4.69, 9.17) is 23.2 Å². The molecule has 0 saturated carbocycles. The van der Waals surface area contributed by atoms with E-state index < -0.39 is 10.0 Å². The predicted molar refractivity (Wildman–Crippen MR) is 116 cm³/mol. The Morgan fingerprint density at radius 2 is 2.07 bits per heavy atom. The van der Waals surface area contributed by atoms with Crippen LogP contribution in [0.4, 0.5) is 5.69 Å². The molecule has 1 aromatic carbocycles. The number of rotatable bonds is 9. The zero-order chi connectivity index (χ0) is 20.7.